The largest absolute Gasteiger partial charge is 0.497 e. The van der Waals surface area contributed by atoms with Crippen LogP contribution in [0.1, 0.15) is 0 Å². The molecule has 0 spiro atoms. The molecular weight excluding hydrogens is 421 g/mol. The van der Waals surface area contributed by atoms with E-state index in [4.69, 9.17) is 4.74 Å². The molecule has 0 saturated carbocycles. The molecule has 0 radical (unpaired) electrons. The molecule has 3 aromatic rings. The normalized spacial score (nSPS) is 10.4. The summed E-state index contributed by atoms with van der Waals surface area (Å²) in [6, 6.07) is 14.9. The van der Waals surface area contributed by atoms with Crippen LogP contribution in [-0.2, 0) is 11.3 Å². The lowest BCUT2D eigenvalue weighted by atomic mass is 10.2. The van der Waals surface area contributed by atoms with Crippen LogP contribution in [0.2, 0.25) is 0 Å². The minimum Gasteiger partial charge on any atom is -0.497 e. The summed E-state index contributed by atoms with van der Waals surface area (Å²) in [6.07, 6.45) is 0. The first-order chi connectivity index (χ1) is 11.6. The van der Waals surface area contributed by atoms with E-state index >= 15 is 0 Å². The molecule has 0 aliphatic rings. The number of rotatable bonds is 5. The summed E-state index contributed by atoms with van der Waals surface area (Å²) < 4.78 is 6.28. The summed E-state index contributed by atoms with van der Waals surface area (Å²) in [7, 11) is 1.60. The van der Waals surface area contributed by atoms with Gasteiger partial charge in [-0.3, -0.25) is 4.79 Å². The molecular formula is C16H14IN5O2. The van der Waals surface area contributed by atoms with Gasteiger partial charge in [-0.2, -0.15) is 4.80 Å². The highest BCUT2D eigenvalue weighted by molar-refractivity contribution is 14.1. The number of halogens is 1. The van der Waals surface area contributed by atoms with Gasteiger partial charge in [-0.15, -0.1) is 10.2 Å². The van der Waals surface area contributed by atoms with Crippen LogP contribution in [0.3, 0.4) is 0 Å². The fraction of sp³-hybridized carbons (Fsp3) is 0.125. The Bertz CT molecular complexity index is 848. The van der Waals surface area contributed by atoms with Crippen molar-refractivity contribution in [1.29, 1.82) is 0 Å². The number of aromatic nitrogens is 4. The molecule has 2 aromatic carbocycles. The molecule has 1 heterocycles. The van der Waals surface area contributed by atoms with Crippen LogP contribution in [0.25, 0.3) is 11.4 Å². The van der Waals surface area contributed by atoms with Crippen LogP contribution in [-0.4, -0.2) is 33.2 Å². The maximum absolute atomic E-state index is 12.1. The van der Waals surface area contributed by atoms with Crippen molar-refractivity contribution in [3.05, 3.63) is 52.1 Å². The third-order valence-electron chi connectivity index (χ3n) is 3.19. The van der Waals surface area contributed by atoms with Crippen LogP contribution in [0.4, 0.5) is 5.69 Å². The van der Waals surface area contributed by atoms with Crippen molar-refractivity contribution in [1.82, 2.24) is 20.2 Å². The highest BCUT2D eigenvalue weighted by Crippen LogP contribution is 2.19. The van der Waals surface area contributed by atoms with Crippen molar-refractivity contribution in [2.24, 2.45) is 0 Å². The zero-order valence-corrected chi connectivity index (χ0v) is 15.0. The Kier molecular flexibility index (Phi) is 5.04. The Morgan fingerprint density at radius 2 is 2.04 bits per heavy atom. The molecule has 0 unspecified atom stereocenters. The van der Waals surface area contributed by atoms with Crippen LogP contribution in [0, 0.1) is 3.57 Å². The number of ether oxygens (including phenoxy) is 1. The third kappa shape index (κ3) is 4.07. The second-order valence-corrected chi connectivity index (χ2v) is 6.18. The molecule has 0 aliphatic heterocycles. The van der Waals surface area contributed by atoms with E-state index in [0.29, 0.717) is 11.6 Å². The lowest BCUT2D eigenvalue weighted by Crippen LogP contribution is -2.20. The van der Waals surface area contributed by atoms with Gasteiger partial charge in [-0.25, -0.2) is 0 Å². The van der Waals surface area contributed by atoms with Gasteiger partial charge in [-0.05, 0) is 64.2 Å². The van der Waals surface area contributed by atoms with Gasteiger partial charge in [0, 0.05) is 14.8 Å². The van der Waals surface area contributed by atoms with Gasteiger partial charge in [-0.1, -0.05) is 12.1 Å². The Labute approximate surface area is 152 Å². The summed E-state index contributed by atoms with van der Waals surface area (Å²) in [4.78, 5) is 13.3. The summed E-state index contributed by atoms with van der Waals surface area (Å²) in [5.74, 6) is 0.932. The van der Waals surface area contributed by atoms with Gasteiger partial charge in [0.15, 0.2) is 0 Å². The molecule has 0 bridgehead atoms. The van der Waals surface area contributed by atoms with Gasteiger partial charge >= 0.3 is 0 Å². The molecule has 24 heavy (non-hydrogen) atoms. The molecule has 1 aromatic heterocycles. The number of tetrazole rings is 1. The van der Waals surface area contributed by atoms with E-state index in [1.54, 1.807) is 7.11 Å². The van der Waals surface area contributed by atoms with E-state index in [1.807, 2.05) is 48.5 Å². The first-order valence-corrected chi connectivity index (χ1v) is 8.19. The number of amides is 1. The van der Waals surface area contributed by atoms with E-state index in [0.717, 1.165) is 14.8 Å². The zero-order chi connectivity index (χ0) is 16.9. The van der Waals surface area contributed by atoms with E-state index in [-0.39, 0.29) is 12.5 Å². The first-order valence-electron chi connectivity index (χ1n) is 7.12. The van der Waals surface area contributed by atoms with Crippen LogP contribution >= 0.6 is 22.6 Å². The SMILES string of the molecule is COc1cccc(-c2nnn(CC(=O)Nc3ccc(I)cc3)n2)c1. The second-order valence-electron chi connectivity index (χ2n) is 4.93. The molecule has 0 fully saturated rings. The highest BCUT2D eigenvalue weighted by Gasteiger charge is 2.10. The average Bonchev–Trinajstić information content (AvgIpc) is 3.05. The molecule has 0 aliphatic carbocycles. The predicted molar refractivity (Wildman–Crippen MR) is 97.6 cm³/mol. The molecule has 7 nitrogen and oxygen atoms in total. The lowest BCUT2D eigenvalue weighted by molar-refractivity contribution is -0.117. The van der Waals surface area contributed by atoms with Gasteiger partial charge in [0.1, 0.15) is 12.3 Å². The van der Waals surface area contributed by atoms with E-state index in [2.05, 4.69) is 43.3 Å². The molecule has 122 valence electrons. The molecule has 1 amide bonds. The van der Waals surface area contributed by atoms with Crippen molar-refractivity contribution in [3.63, 3.8) is 0 Å². The summed E-state index contributed by atoms with van der Waals surface area (Å²) >= 11 is 2.21. The van der Waals surface area contributed by atoms with Crippen molar-refractivity contribution < 1.29 is 9.53 Å². The standard InChI is InChI=1S/C16H14IN5O2/c1-24-14-4-2-3-11(9-14)16-19-21-22(20-16)10-15(23)18-13-7-5-12(17)6-8-13/h2-9H,10H2,1H3,(H,18,23). The molecule has 0 saturated heterocycles. The quantitative estimate of drug-likeness (QED) is 0.624. The number of benzene rings is 2. The number of carbonyl (C=O) groups is 1. The monoisotopic (exact) mass is 435 g/mol. The van der Waals surface area contributed by atoms with E-state index in [1.165, 1.54) is 4.80 Å². The van der Waals surface area contributed by atoms with Gasteiger partial charge < -0.3 is 10.1 Å². The van der Waals surface area contributed by atoms with Crippen LogP contribution < -0.4 is 10.1 Å². The fourth-order valence-electron chi connectivity index (χ4n) is 2.05. The maximum Gasteiger partial charge on any atom is 0.248 e. The Morgan fingerprint density at radius 3 is 2.79 bits per heavy atom. The number of hydrogen-bond acceptors (Lipinski definition) is 5. The number of methoxy groups -OCH3 is 1. The van der Waals surface area contributed by atoms with E-state index in [9.17, 15) is 4.79 Å². The average molecular weight is 435 g/mol. The third-order valence-corrected chi connectivity index (χ3v) is 3.91. The minimum atomic E-state index is -0.217. The second kappa shape index (κ2) is 7.39. The Balaban J connectivity index is 1.67. The molecule has 1 N–H and O–H groups in total. The van der Waals surface area contributed by atoms with Gasteiger partial charge in [0.25, 0.3) is 0 Å². The topological polar surface area (TPSA) is 81.9 Å². The molecule has 8 heteroatoms. The smallest absolute Gasteiger partial charge is 0.248 e. The van der Waals surface area contributed by atoms with E-state index < -0.39 is 0 Å². The number of nitrogens with one attached hydrogen (secondary N) is 1. The lowest BCUT2D eigenvalue weighted by Gasteiger charge is -2.04. The fourth-order valence-corrected chi connectivity index (χ4v) is 2.41. The Hall–Kier alpha value is -2.49. The van der Waals surface area contributed by atoms with Gasteiger partial charge in [0.2, 0.25) is 11.7 Å². The van der Waals surface area contributed by atoms with Crippen molar-refractivity contribution in [3.8, 4) is 17.1 Å². The highest BCUT2D eigenvalue weighted by atomic mass is 127. The summed E-state index contributed by atoms with van der Waals surface area (Å²) in [6.45, 7) is -0.0110. The summed E-state index contributed by atoms with van der Waals surface area (Å²) in [5, 5.41) is 14.9. The number of nitrogens with zero attached hydrogens (tertiary/aromatic N) is 4. The van der Waals surface area contributed by atoms with Crippen LogP contribution in [0.5, 0.6) is 5.75 Å². The zero-order valence-electron chi connectivity index (χ0n) is 12.8. The number of carbonyl (C=O) groups excluding carboxylic acids is 1. The maximum atomic E-state index is 12.1. The summed E-state index contributed by atoms with van der Waals surface area (Å²) in [5.41, 5.74) is 1.51. The van der Waals surface area contributed by atoms with Crippen molar-refractivity contribution >= 4 is 34.2 Å². The number of hydrogen-bond donors (Lipinski definition) is 1. The van der Waals surface area contributed by atoms with Gasteiger partial charge in [0.05, 0.1) is 7.11 Å². The minimum absolute atomic E-state index is 0.0110. The van der Waals surface area contributed by atoms with Crippen molar-refractivity contribution in [2.45, 2.75) is 6.54 Å². The number of anilines is 1. The molecule has 0 atom stereocenters. The van der Waals surface area contributed by atoms with Crippen LogP contribution in [0.15, 0.2) is 48.5 Å². The Morgan fingerprint density at radius 1 is 1.25 bits per heavy atom. The predicted octanol–water partition coefficient (Wildman–Crippen LogP) is 2.59. The first kappa shape index (κ1) is 16.4. The van der Waals surface area contributed by atoms with Crippen molar-refractivity contribution in [2.75, 3.05) is 12.4 Å². The molecule has 3 rings (SSSR count).